The van der Waals surface area contributed by atoms with Crippen LogP contribution in [0.3, 0.4) is 0 Å². The number of fused-ring (bicyclic) bond motifs is 1. The first kappa shape index (κ1) is 7.29. The minimum absolute atomic E-state index is 0.401. The summed E-state index contributed by atoms with van der Waals surface area (Å²) in [5.41, 5.74) is 2.01. The minimum Gasteiger partial charge on any atom is -0.305 e. The Bertz CT molecular complexity index is 316. The molecule has 0 aliphatic heterocycles. The fraction of sp³-hybridized carbons (Fsp3) is 0.182. The average Bonchev–Trinajstić information content (AvgIpc) is 2.29. The summed E-state index contributed by atoms with van der Waals surface area (Å²) in [6.45, 7) is 0. The van der Waals surface area contributed by atoms with Gasteiger partial charge in [-0.15, -0.1) is 0 Å². The molecule has 0 heterocycles. The van der Waals surface area contributed by atoms with Crippen molar-refractivity contribution in [2.45, 2.75) is 6.42 Å². The Morgan fingerprint density at radius 1 is 1.17 bits per heavy atom. The van der Waals surface area contributed by atoms with E-state index in [9.17, 15) is 0 Å². The zero-order chi connectivity index (χ0) is 8.39. The van der Waals surface area contributed by atoms with Crippen molar-refractivity contribution < 1.29 is 0 Å². The lowest BCUT2D eigenvalue weighted by Gasteiger charge is -2.10. The molecule has 0 radical (unpaired) electrons. The molecule has 0 aromatic rings. The highest BCUT2D eigenvalue weighted by atomic mass is 14.4. The van der Waals surface area contributed by atoms with Crippen molar-refractivity contribution in [3.05, 3.63) is 48.1 Å². The molecule has 0 amide bonds. The highest BCUT2D eigenvalue weighted by Gasteiger charge is 2.09. The second-order valence-corrected chi connectivity index (χ2v) is 3.06. The van der Waals surface area contributed by atoms with Crippen LogP contribution in [-0.4, -0.2) is 5.71 Å². The van der Waals surface area contributed by atoms with Crippen molar-refractivity contribution in [1.29, 1.82) is 5.41 Å². The van der Waals surface area contributed by atoms with Crippen LogP contribution in [0.25, 0.3) is 0 Å². The van der Waals surface area contributed by atoms with E-state index in [4.69, 9.17) is 5.41 Å². The van der Waals surface area contributed by atoms with Gasteiger partial charge in [-0.25, -0.2) is 0 Å². The van der Waals surface area contributed by atoms with E-state index in [1.54, 1.807) is 0 Å². The number of hydrogen-bond acceptors (Lipinski definition) is 1. The van der Waals surface area contributed by atoms with Gasteiger partial charge in [0.1, 0.15) is 0 Å². The van der Waals surface area contributed by atoms with Crippen molar-refractivity contribution in [3.8, 4) is 0 Å². The highest BCUT2D eigenvalue weighted by molar-refractivity contribution is 5.94. The summed E-state index contributed by atoms with van der Waals surface area (Å²) in [4.78, 5) is 0. The fourth-order valence-corrected chi connectivity index (χ4v) is 1.47. The van der Waals surface area contributed by atoms with Gasteiger partial charge in [0, 0.05) is 18.1 Å². The number of nitrogens with one attached hydrogen (secondary N) is 1. The van der Waals surface area contributed by atoms with Crippen LogP contribution in [0.4, 0.5) is 0 Å². The fourth-order valence-electron chi connectivity index (χ4n) is 1.47. The number of allylic oxidation sites excluding steroid dienone is 8. The van der Waals surface area contributed by atoms with E-state index >= 15 is 0 Å². The van der Waals surface area contributed by atoms with Crippen LogP contribution in [0.15, 0.2) is 48.1 Å². The minimum atomic E-state index is 0.401. The Hall–Kier alpha value is -1.37. The summed E-state index contributed by atoms with van der Waals surface area (Å²) < 4.78 is 0. The van der Waals surface area contributed by atoms with E-state index in [2.05, 4.69) is 30.4 Å². The Labute approximate surface area is 72.3 Å². The molecule has 12 heavy (non-hydrogen) atoms. The second-order valence-electron chi connectivity index (χ2n) is 3.06. The first-order valence-corrected chi connectivity index (χ1v) is 4.17. The average molecular weight is 157 g/mol. The van der Waals surface area contributed by atoms with Crippen molar-refractivity contribution >= 4 is 5.71 Å². The Morgan fingerprint density at radius 3 is 3.00 bits per heavy atom. The quantitative estimate of drug-likeness (QED) is 0.559. The van der Waals surface area contributed by atoms with Gasteiger partial charge >= 0.3 is 0 Å². The van der Waals surface area contributed by atoms with Crippen molar-refractivity contribution in [1.82, 2.24) is 0 Å². The summed E-state index contributed by atoms with van der Waals surface area (Å²) in [7, 11) is 0. The van der Waals surface area contributed by atoms with E-state index in [-0.39, 0.29) is 0 Å². The van der Waals surface area contributed by atoms with E-state index in [1.165, 1.54) is 5.57 Å². The summed E-state index contributed by atoms with van der Waals surface area (Å²) in [5.74, 6) is 0.401. The molecule has 0 saturated heterocycles. The van der Waals surface area contributed by atoms with E-state index in [0.717, 1.165) is 6.42 Å². The van der Waals surface area contributed by atoms with E-state index in [1.807, 2.05) is 12.2 Å². The molecule has 60 valence electrons. The van der Waals surface area contributed by atoms with Gasteiger partial charge in [0.25, 0.3) is 0 Å². The monoisotopic (exact) mass is 157 g/mol. The molecular weight excluding hydrogens is 146 g/mol. The standard InChI is InChI=1S/C11H11N/c12-11-7-5-9-3-1-2-4-10(9)6-8-11/h1-7,9,12H,8H2. The molecule has 0 bridgehead atoms. The van der Waals surface area contributed by atoms with Crippen LogP contribution in [0, 0.1) is 11.3 Å². The molecule has 2 rings (SSSR count). The summed E-state index contributed by atoms with van der Waals surface area (Å²) >= 11 is 0. The summed E-state index contributed by atoms with van der Waals surface area (Å²) in [6, 6.07) is 0. The molecule has 1 N–H and O–H groups in total. The molecule has 1 nitrogen and oxygen atoms in total. The van der Waals surface area contributed by atoms with Crippen LogP contribution in [0.1, 0.15) is 6.42 Å². The van der Waals surface area contributed by atoms with Crippen molar-refractivity contribution in [3.63, 3.8) is 0 Å². The van der Waals surface area contributed by atoms with Gasteiger partial charge in [0.2, 0.25) is 0 Å². The molecule has 2 aliphatic carbocycles. The molecule has 0 spiro atoms. The smallest absolute Gasteiger partial charge is 0.0348 e. The van der Waals surface area contributed by atoms with E-state index in [0.29, 0.717) is 11.6 Å². The third-order valence-corrected chi connectivity index (χ3v) is 2.17. The third-order valence-electron chi connectivity index (χ3n) is 2.17. The van der Waals surface area contributed by atoms with E-state index < -0.39 is 0 Å². The SMILES string of the molecule is N=C1C=CC2C=CC=CC2=CC1. The third kappa shape index (κ3) is 1.30. The van der Waals surface area contributed by atoms with Crippen LogP contribution in [0.2, 0.25) is 0 Å². The van der Waals surface area contributed by atoms with Gasteiger partial charge in [-0.05, 0) is 11.6 Å². The van der Waals surface area contributed by atoms with Crippen molar-refractivity contribution in [2.24, 2.45) is 5.92 Å². The van der Waals surface area contributed by atoms with Gasteiger partial charge in [-0.3, -0.25) is 0 Å². The maximum absolute atomic E-state index is 7.50. The van der Waals surface area contributed by atoms with Gasteiger partial charge in [0.05, 0.1) is 0 Å². The molecule has 0 saturated carbocycles. The highest BCUT2D eigenvalue weighted by Crippen LogP contribution is 2.22. The summed E-state index contributed by atoms with van der Waals surface area (Å²) in [5, 5.41) is 7.50. The maximum Gasteiger partial charge on any atom is 0.0348 e. The predicted molar refractivity (Wildman–Crippen MR) is 51.3 cm³/mol. The molecule has 0 aromatic carbocycles. The number of rotatable bonds is 0. The van der Waals surface area contributed by atoms with Gasteiger partial charge in [0.15, 0.2) is 0 Å². The Morgan fingerprint density at radius 2 is 2.08 bits per heavy atom. The largest absolute Gasteiger partial charge is 0.305 e. The molecule has 0 fully saturated rings. The maximum atomic E-state index is 7.50. The summed E-state index contributed by atoms with van der Waals surface area (Å²) in [6.07, 6.45) is 15.3. The topological polar surface area (TPSA) is 23.9 Å². The second kappa shape index (κ2) is 2.94. The van der Waals surface area contributed by atoms with Crippen LogP contribution < -0.4 is 0 Å². The Balaban J connectivity index is 2.35. The van der Waals surface area contributed by atoms with Crippen LogP contribution >= 0.6 is 0 Å². The zero-order valence-corrected chi connectivity index (χ0v) is 6.83. The molecule has 0 aromatic heterocycles. The van der Waals surface area contributed by atoms with Gasteiger partial charge < -0.3 is 5.41 Å². The Kier molecular flexibility index (Phi) is 1.78. The van der Waals surface area contributed by atoms with Crippen LogP contribution in [0.5, 0.6) is 0 Å². The lowest BCUT2D eigenvalue weighted by atomic mass is 9.95. The van der Waals surface area contributed by atoms with Crippen LogP contribution in [-0.2, 0) is 0 Å². The molecule has 1 heteroatoms. The first-order valence-electron chi connectivity index (χ1n) is 4.17. The van der Waals surface area contributed by atoms with Gasteiger partial charge in [-0.2, -0.15) is 0 Å². The van der Waals surface area contributed by atoms with Crippen molar-refractivity contribution in [2.75, 3.05) is 0 Å². The molecule has 2 aliphatic rings. The first-order chi connectivity index (χ1) is 5.86. The lowest BCUT2D eigenvalue weighted by molar-refractivity contribution is 0.993. The molecule has 1 atom stereocenters. The number of hydrogen-bond donors (Lipinski definition) is 1. The predicted octanol–water partition coefficient (Wildman–Crippen LogP) is 2.63. The molecule has 1 unspecified atom stereocenters. The zero-order valence-electron chi connectivity index (χ0n) is 6.83. The molecular formula is C11H11N. The normalized spacial score (nSPS) is 26.5. The van der Waals surface area contributed by atoms with Gasteiger partial charge in [-0.1, -0.05) is 36.5 Å². The lowest BCUT2D eigenvalue weighted by Crippen LogP contribution is -1.96.